The van der Waals surface area contributed by atoms with Gasteiger partial charge in [0.1, 0.15) is 0 Å². The zero-order chi connectivity index (χ0) is 12.0. The van der Waals surface area contributed by atoms with Crippen molar-refractivity contribution in [2.24, 2.45) is 0 Å². The van der Waals surface area contributed by atoms with Crippen LogP contribution in [-0.4, -0.2) is 19.1 Å². The van der Waals surface area contributed by atoms with Gasteiger partial charge in [-0.3, -0.25) is 4.79 Å². The Hall–Kier alpha value is -1.13. The molecule has 1 unspecified atom stereocenters. The molecule has 3 nitrogen and oxygen atoms in total. The Morgan fingerprint density at radius 2 is 1.94 bits per heavy atom. The molecule has 1 aromatic rings. The Kier molecular flexibility index (Phi) is 2.44. The number of carbonyl (C=O) groups excluding carboxylic acids is 1. The van der Waals surface area contributed by atoms with E-state index in [4.69, 9.17) is 0 Å². The fraction of sp³-hybridized carbons (Fsp3) is 0.417. The van der Waals surface area contributed by atoms with E-state index in [1.807, 2.05) is 24.3 Å². The number of nitrogens with one attached hydrogen (secondary N) is 1. The van der Waals surface area contributed by atoms with Gasteiger partial charge in [-0.1, -0.05) is 37.8 Å². The van der Waals surface area contributed by atoms with Crippen molar-refractivity contribution in [2.75, 3.05) is 5.32 Å². The van der Waals surface area contributed by atoms with Crippen molar-refractivity contribution in [3.63, 3.8) is 0 Å². The summed E-state index contributed by atoms with van der Waals surface area (Å²) in [5.74, 6) is -0.281. The monoisotopic (exact) mass is 235 g/mol. The minimum atomic E-state index is -1.52. The van der Waals surface area contributed by atoms with Crippen LogP contribution in [0.2, 0.25) is 25.7 Å². The number of para-hydroxylation sites is 1. The lowest BCUT2D eigenvalue weighted by molar-refractivity contribution is -0.131. The first-order valence-electron chi connectivity index (χ1n) is 5.46. The number of aliphatic hydroxyl groups is 1. The predicted molar refractivity (Wildman–Crippen MR) is 67.1 cm³/mol. The van der Waals surface area contributed by atoms with E-state index in [-0.39, 0.29) is 5.91 Å². The first kappa shape index (κ1) is 11.4. The Morgan fingerprint density at radius 1 is 1.31 bits per heavy atom. The summed E-state index contributed by atoms with van der Waals surface area (Å²) in [5.41, 5.74) is 0.150. The maximum Gasteiger partial charge on any atom is 0.260 e. The second-order valence-electron chi connectivity index (χ2n) is 5.60. The van der Waals surface area contributed by atoms with Crippen molar-refractivity contribution in [1.82, 2.24) is 0 Å². The lowest BCUT2D eigenvalue weighted by Crippen LogP contribution is -2.41. The molecule has 1 aliphatic heterocycles. The molecule has 1 atom stereocenters. The third kappa shape index (κ3) is 1.78. The van der Waals surface area contributed by atoms with Crippen molar-refractivity contribution >= 4 is 19.7 Å². The van der Waals surface area contributed by atoms with Crippen LogP contribution in [-0.2, 0) is 10.4 Å². The fourth-order valence-electron chi connectivity index (χ4n) is 2.24. The number of hydrogen-bond acceptors (Lipinski definition) is 2. The number of fused-ring (bicyclic) bond motifs is 1. The number of amides is 1. The van der Waals surface area contributed by atoms with Gasteiger partial charge in [0.05, 0.1) is 0 Å². The van der Waals surface area contributed by atoms with Gasteiger partial charge in [0.15, 0.2) is 5.60 Å². The standard InChI is InChI=1S/C12H17NO2Si/c1-16(2,3)8-12(15)9-6-4-5-7-10(9)13-11(12)14/h4-7,15H,8H2,1-3H3,(H,13,14). The predicted octanol–water partition coefficient (Wildman–Crippen LogP) is 2.16. The highest BCUT2D eigenvalue weighted by Gasteiger charge is 2.47. The quantitative estimate of drug-likeness (QED) is 0.772. The molecule has 0 fully saturated rings. The molecule has 0 aliphatic carbocycles. The molecule has 16 heavy (non-hydrogen) atoms. The van der Waals surface area contributed by atoms with Gasteiger partial charge in [-0.2, -0.15) is 0 Å². The average Bonchev–Trinajstić information content (AvgIpc) is 2.37. The highest BCUT2D eigenvalue weighted by molar-refractivity contribution is 6.76. The van der Waals surface area contributed by atoms with Crippen LogP contribution in [0.5, 0.6) is 0 Å². The summed E-state index contributed by atoms with van der Waals surface area (Å²) < 4.78 is 0. The van der Waals surface area contributed by atoms with E-state index < -0.39 is 13.7 Å². The van der Waals surface area contributed by atoms with Crippen molar-refractivity contribution in [1.29, 1.82) is 0 Å². The second kappa shape index (κ2) is 3.43. The van der Waals surface area contributed by atoms with E-state index in [1.165, 1.54) is 0 Å². The van der Waals surface area contributed by atoms with E-state index >= 15 is 0 Å². The van der Waals surface area contributed by atoms with Crippen LogP contribution in [0, 0.1) is 0 Å². The number of anilines is 1. The average molecular weight is 235 g/mol. The first-order chi connectivity index (χ1) is 7.33. The number of benzene rings is 1. The molecule has 2 rings (SSSR count). The van der Waals surface area contributed by atoms with Crippen LogP contribution in [0.25, 0.3) is 0 Å². The fourth-order valence-corrected chi connectivity index (χ4v) is 4.13. The van der Waals surface area contributed by atoms with Crippen molar-refractivity contribution in [3.8, 4) is 0 Å². The Bertz CT molecular complexity index is 439. The summed E-state index contributed by atoms with van der Waals surface area (Å²) in [7, 11) is -1.52. The Labute approximate surface area is 96.5 Å². The third-order valence-electron chi connectivity index (χ3n) is 2.78. The normalized spacial score (nSPS) is 24.1. The van der Waals surface area contributed by atoms with Crippen LogP contribution in [0.1, 0.15) is 5.56 Å². The molecule has 0 saturated heterocycles. The molecule has 2 N–H and O–H groups in total. The molecule has 1 amide bonds. The highest BCUT2D eigenvalue weighted by atomic mass is 28.3. The van der Waals surface area contributed by atoms with Gasteiger partial charge in [0, 0.05) is 19.3 Å². The van der Waals surface area contributed by atoms with Gasteiger partial charge >= 0.3 is 0 Å². The van der Waals surface area contributed by atoms with Gasteiger partial charge in [-0.15, -0.1) is 0 Å². The Balaban J connectivity index is 2.45. The summed E-state index contributed by atoms with van der Waals surface area (Å²) in [4.78, 5) is 11.9. The van der Waals surface area contributed by atoms with Crippen LogP contribution in [0.15, 0.2) is 24.3 Å². The largest absolute Gasteiger partial charge is 0.375 e. The second-order valence-corrected chi connectivity index (χ2v) is 11.1. The van der Waals surface area contributed by atoms with E-state index in [2.05, 4.69) is 25.0 Å². The van der Waals surface area contributed by atoms with Crippen LogP contribution in [0.3, 0.4) is 0 Å². The van der Waals surface area contributed by atoms with E-state index in [9.17, 15) is 9.90 Å². The summed E-state index contributed by atoms with van der Waals surface area (Å²) in [6, 6.07) is 7.93. The molecule has 86 valence electrons. The van der Waals surface area contributed by atoms with Crippen molar-refractivity contribution in [2.45, 2.75) is 31.3 Å². The molecular weight excluding hydrogens is 218 g/mol. The summed E-state index contributed by atoms with van der Waals surface area (Å²) >= 11 is 0. The molecule has 1 aromatic carbocycles. The van der Waals surface area contributed by atoms with Gasteiger partial charge in [-0.25, -0.2) is 0 Å². The smallest absolute Gasteiger partial charge is 0.260 e. The topological polar surface area (TPSA) is 49.3 Å². The number of carbonyl (C=O) groups is 1. The van der Waals surface area contributed by atoms with E-state index in [0.717, 1.165) is 11.3 Å². The van der Waals surface area contributed by atoms with Gasteiger partial charge in [-0.05, 0) is 12.1 Å². The van der Waals surface area contributed by atoms with Crippen LogP contribution >= 0.6 is 0 Å². The van der Waals surface area contributed by atoms with E-state index in [1.54, 1.807) is 0 Å². The lowest BCUT2D eigenvalue weighted by atomic mass is 9.98. The molecule has 0 saturated carbocycles. The zero-order valence-corrected chi connectivity index (χ0v) is 10.9. The van der Waals surface area contributed by atoms with Crippen molar-refractivity contribution < 1.29 is 9.90 Å². The van der Waals surface area contributed by atoms with Crippen molar-refractivity contribution in [3.05, 3.63) is 29.8 Å². The van der Waals surface area contributed by atoms with Crippen LogP contribution in [0.4, 0.5) is 5.69 Å². The molecule has 1 aliphatic rings. The third-order valence-corrected chi connectivity index (χ3v) is 4.35. The SMILES string of the molecule is C[Si](C)(C)CC1(O)C(=O)Nc2ccccc21. The van der Waals surface area contributed by atoms with Gasteiger partial charge in [0.25, 0.3) is 5.91 Å². The maximum absolute atomic E-state index is 11.9. The molecule has 4 heteroatoms. The maximum atomic E-state index is 11.9. The summed E-state index contributed by atoms with van der Waals surface area (Å²) in [5, 5.41) is 13.3. The zero-order valence-electron chi connectivity index (χ0n) is 9.87. The molecule has 0 radical (unpaired) electrons. The van der Waals surface area contributed by atoms with Gasteiger partial charge < -0.3 is 10.4 Å². The molecule has 0 bridgehead atoms. The molecular formula is C12H17NO2Si. The molecule has 0 spiro atoms. The first-order valence-corrected chi connectivity index (χ1v) is 9.17. The Morgan fingerprint density at radius 3 is 2.56 bits per heavy atom. The van der Waals surface area contributed by atoms with Gasteiger partial charge in [0.2, 0.25) is 0 Å². The van der Waals surface area contributed by atoms with Crippen LogP contribution < -0.4 is 5.32 Å². The summed E-state index contributed by atoms with van der Waals surface area (Å²) in [6.45, 7) is 6.46. The lowest BCUT2D eigenvalue weighted by Gasteiger charge is -2.27. The highest BCUT2D eigenvalue weighted by Crippen LogP contribution is 2.40. The minimum Gasteiger partial charge on any atom is -0.375 e. The number of hydrogen-bond donors (Lipinski definition) is 2. The molecule has 1 heterocycles. The minimum absolute atomic E-state index is 0.281. The number of rotatable bonds is 2. The summed E-state index contributed by atoms with van der Waals surface area (Å²) in [6.07, 6.45) is 0. The molecule has 0 aromatic heterocycles. The van der Waals surface area contributed by atoms with E-state index in [0.29, 0.717) is 6.04 Å².